The van der Waals surface area contributed by atoms with Crippen molar-refractivity contribution < 1.29 is 14.3 Å². The summed E-state index contributed by atoms with van der Waals surface area (Å²) in [6.07, 6.45) is 3.71. The Hall–Kier alpha value is -2.92. The van der Waals surface area contributed by atoms with Crippen molar-refractivity contribution in [3.05, 3.63) is 41.9 Å². The van der Waals surface area contributed by atoms with Gasteiger partial charge >= 0.3 is 6.09 Å². The van der Waals surface area contributed by atoms with Crippen molar-refractivity contribution in [2.75, 3.05) is 19.7 Å². The monoisotopic (exact) mass is 317 g/mol. The summed E-state index contributed by atoms with van der Waals surface area (Å²) in [5.41, 5.74) is 6.00. The number of ether oxygens (including phenoxy) is 1. The molecule has 1 aromatic rings. The van der Waals surface area contributed by atoms with E-state index in [-0.39, 0.29) is 31.8 Å². The molecule has 2 amide bonds. The van der Waals surface area contributed by atoms with Crippen molar-refractivity contribution in [3.63, 3.8) is 0 Å². The summed E-state index contributed by atoms with van der Waals surface area (Å²) >= 11 is 0. The van der Waals surface area contributed by atoms with E-state index in [1.165, 1.54) is 0 Å². The van der Waals surface area contributed by atoms with Crippen LogP contribution in [0.4, 0.5) is 4.79 Å². The molecule has 0 spiro atoms. The standard InChI is InChI=1S/C15H19N5O3/c1-2-23-15(22)20(7-5-16)11-13(8-17)14(21)19-10-12-4-3-6-18-9-12/h3-4,6,9,11H,2,5,7,10,16H2,1H3,(H,19,21)/b13-11-. The van der Waals surface area contributed by atoms with Crippen molar-refractivity contribution in [3.8, 4) is 6.07 Å². The molecule has 0 aromatic carbocycles. The van der Waals surface area contributed by atoms with Crippen LogP contribution in [0.25, 0.3) is 0 Å². The molecule has 1 rings (SSSR count). The second-order valence-electron chi connectivity index (χ2n) is 4.38. The molecule has 23 heavy (non-hydrogen) atoms. The Balaban J connectivity index is 2.76. The molecule has 8 nitrogen and oxygen atoms in total. The highest BCUT2D eigenvalue weighted by atomic mass is 16.6. The van der Waals surface area contributed by atoms with E-state index in [1.807, 2.05) is 0 Å². The summed E-state index contributed by atoms with van der Waals surface area (Å²) in [4.78, 5) is 28.8. The normalized spacial score (nSPS) is 10.6. The number of carbonyl (C=O) groups excluding carboxylic acids is 2. The lowest BCUT2D eigenvalue weighted by Crippen LogP contribution is -2.33. The van der Waals surface area contributed by atoms with Crippen LogP contribution >= 0.6 is 0 Å². The lowest BCUT2D eigenvalue weighted by Gasteiger charge is -2.17. The Morgan fingerprint density at radius 1 is 1.57 bits per heavy atom. The molecule has 122 valence electrons. The number of nitriles is 1. The summed E-state index contributed by atoms with van der Waals surface area (Å²) < 4.78 is 4.85. The van der Waals surface area contributed by atoms with Crippen LogP contribution in [0, 0.1) is 11.3 Å². The maximum atomic E-state index is 12.0. The van der Waals surface area contributed by atoms with Crippen LogP contribution in [0.15, 0.2) is 36.3 Å². The summed E-state index contributed by atoms with van der Waals surface area (Å²) in [7, 11) is 0. The van der Waals surface area contributed by atoms with E-state index < -0.39 is 12.0 Å². The number of nitrogens with zero attached hydrogens (tertiary/aromatic N) is 3. The molecular weight excluding hydrogens is 298 g/mol. The number of pyridine rings is 1. The Morgan fingerprint density at radius 2 is 2.35 bits per heavy atom. The smallest absolute Gasteiger partial charge is 0.413 e. The molecule has 0 radical (unpaired) electrons. The number of hydrogen-bond acceptors (Lipinski definition) is 6. The van der Waals surface area contributed by atoms with E-state index in [0.29, 0.717) is 0 Å². The first kappa shape index (κ1) is 18.1. The van der Waals surface area contributed by atoms with Gasteiger partial charge < -0.3 is 15.8 Å². The minimum atomic E-state index is -0.661. The zero-order valence-electron chi connectivity index (χ0n) is 12.9. The van der Waals surface area contributed by atoms with E-state index in [0.717, 1.165) is 16.7 Å². The van der Waals surface area contributed by atoms with E-state index in [2.05, 4.69) is 10.3 Å². The van der Waals surface area contributed by atoms with E-state index >= 15 is 0 Å². The molecule has 8 heteroatoms. The third-order valence-electron chi connectivity index (χ3n) is 2.70. The zero-order valence-corrected chi connectivity index (χ0v) is 12.9. The first-order chi connectivity index (χ1) is 11.1. The van der Waals surface area contributed by atoms with Gasteiger partial charge in [0.2, 0.25) is 0 Å². The van der Waals surface area contributed by atoms with Crippen LogP contribution < -0.4 is 11.1 Å². The average Bonchev–Trinajstić information content (AvgIpc) is 2.57. The second kappa shape index (κ2) is 9.92. The van der Waals surface area contributed by atoms with Crippen LogP contribution in [0.5, 0.6) is 0 Å². The molecule has 0 aliphatic rings. The topological polar surface area (TPSA) is 121 Å². The fourth-order valence-electron chi connectivity index (χ4n) is 1.63. The molecular formula is C15H19N5O3. The molecule has 0 saturated heterocycles. The fraction of sp³-hybridized carbons (Fsp3) is 0.333. The maximum absolute atomic E-state index is 12.0. The van der Waals surface area contributed by atoms with Gasteiger partial charge in [0.05, 0.1) is 6.61 Å². The number of aromatic nitrogens is 1. The average molecular weight is 317 g/mol. The predicted octanol–water partition coefficient (Wildman–Crippen LogP) is 0.522. The van der Waals surface area contributed by atoms with Crippen LogP contribution in [0.2, 0.25) is 0 Å². The van der Waals surface area contributed by atoms with Gasteiger partial charge in [-0.2, -0.15) is 5.26 Å². The Kier molecular flexibility index (Phi) is 7.82. The van der Waals surface area contributed by atoms with Gasteiger partial charge in [0.25, 0.3) is 5.91 Å². The second-order valence-corrected chi connectivity index (χ2v) is 4.38. The summed E-state index contributed by atoms with van der Waals surface area (Å²) in [6, 6.07) is 5.30. The molecule has 0 aliphatic carbocycles. The molecule has 0 bridgehead atoms. The highest BCUT2D eigenvalue weighted by Gasteiger charge is 2.16. The lowest BCUT2D eigenvalue weighted by atomic mass is 10.2. The first-order valence-electron chi connectivity index (χ1n) is 7.04. The maximum Gasteiger partial charge on any atom is 0.413 e. The third-order valence-corrected chi connectivity index (χ3v) is 2.70. The van der Waals surface area contributed by atoms with Crippen molar-refractivity contribution in [2.24, 2.45) is 5.73 Å². The molecule has 0 saturated carbocycles. The number of rotatable bonds is 7. The van der Waals surface area contributed by atoms with E-state index in [4.69, 9.17) is 15.7 Å². The summed E-state index contributed by atoms with van der Waals surface area (Å²) in [5, 5.41) is 11.7. The Labute approximate surface area is 134 Å². The molecule has 0 atom stereocenters. The van der Waals surface area contributed by atoms with Crippen LogP contribution in [-0.4, -0.2) is 41.6 Å². The van der Waals surface area contributed by atoms with Crippen molar-refractivity contribution in [1.29, 1.82) is 5.26 Å². The van der Waals surface area contributed by atoms with Gasteiger partial charge in [0, 0.05) is 38.2 Å². The number of nitrogens with two attached hydrogens (primary N) is 1. The number of hydrogen-bond donors (Lipinski definition) is 2. The van der Waals surface area contributed by atoms with Gasteiger partial charge in [-0.05, 0) is 18.6 Å². The Bertz CT molecular complexity index is 595. The van der Waals surface area contributed by atoms with Crippen LogP contribution in [0.1, 0.15) is 12.5 Å². The van der Waals surface area contributed by atoms with Gasteiger partial charge in [0.15, 0.2) is 0 Å². The molecule has 3 N–H and O–H groups in total. The van der Waals surface area contributed by atoms with Crippen molar-refractivity contribution in [1.82, 2.24) is 15.2 Å². The van der Waals surface area contributed by atoms with Gasteiger partial charge in [-0.3, -0.25) is 14.7 Å². The first-order valence-corrected chi connectivity index (χ1v) is 7.04. The van der Waals surface area contributed by atoms with Crippen LogP contribution in [-0.2, 0) is 16.1 Å². The molecule has 0 aliphatic heterocycles. The van der Waals surface area contributed by atoms with Crippen molar-refractivity contribution >= 4 is 12.0 Å². The minimum absolute atomic E-state index is 0.139. The molecule has 0 fully saturated rings. The number of carbonyl (C=O) groups is 2. The van der Waals surface area contributed by atoms with Gasteiger partial charge in [-0.15, -0.1) is 0 Å². The fourth-order valence-corrected chi connectivity index (χ4v) is 1.63. The van der Waals surface area contributed by atoms with Gasteiger partial charge in [-0.25, -0.2) is 4.79 Å². The number of amides is 2. The lowest BCUT2D eigenvalue weighted by molar-refractivity contribution is -0.117. The molecule has 0 unspecified atom stereocenters. The summed E-state index contributed by atoms with van der Waals surface area (Å²) in [6.45, 7) is 2.38. The Morgan fingerprint density at radius 3 is 2.91 bits per heavy atom. The highest BCUT2D eigenvalue weighted by Crippen LogP contribution is 2.02. The SMILES string of the molecule is CCOC(=O)N(/C=C(/C#N)C(=O)NCc1cccnc1)CCN. The van der Waals surface area contributed by atoms with E-state index in [1.54, 1.807) is 37.5 Å². The molecule has 1 heterocycles. The molecule has 1 aromatic heterocycles. The highest BCUT2D eigenvalue weighted by molar-refractivity contribution is 5.97. The quantitative estimate of drug-likeness (QED) is 0.558. The van der Waals surface area contributed by atoms with Crippen molar-refractivity contribution in [2.45, 2.75) is 13.5 Å². The zero-order chi connectivity index (χ0) is 17.1. The van der Waals surface area contributed by atoms with Gasteiger partial charge in [0.1, 0.15) is 11.6 Å². The minimum Gasteiger partial charge on any atom is -0.449 e. The van der Waals surface area contributed by atoms with Gasteiger partial charge in [-0.1, -0.05) is 6.07 Å². The summed E-state index contributed by atoms with van der Waals surface area (Å²) in [5.74, 6) is -0.595. The largest absolute Gasteiger partial charge is 0.449 e. The van der Waals surface area contributed by atoms with E-state index in [9.17, 15) is 9.59 Å². The third kappa shape index (κ3) is 6.15. The van der Waals surface area contributed by atoms with Crippen LogP contribution in [0.3, 0.4) is 0 Å². The number of nitrogens with one attached hydrogen (secondary N) is 1. The predicted molar refractivity (Wildman–Crippen MR) is 82.6 cm³/mol.